The fraction of sp³-hybridized carbons (Fsp3) is 0.741. The lowest BCUT2D eigenvalue weighted by Gasteiger charge is -2.50. The predicted molar refractivity (Wildman–Crippen MR) is 124 cm³/mol. The average molecular weight is 475 g/mol. The maximum absolute atomic E-state index is 13.1. The second-order valence-electron chi connectivity index (χ2n) is 11.7. The van der Waals surface area contributed by atoms with Crippen molar-refractivity contribution in [2.75, 3.05) is 6.61 Å². The first-order chi connectivity index (χ1) is 15.7. The number of Topliss-reactive ketones (excluding diaryl/α,β-unsaturated/α-hetero) is 1. The second-order valence-corrected chi connectivity index (χ2v) is 11.7. The van der Waals surface area contributed by atoms with Crippen LogP contribution in [0.25, 0.3) is 0 Å². The monoisotopic (exact) mass is 474 g/mol. The van der Waals surface area contributed by atoms with Crippen molar-refractivity contribution in [3.8, 4) is 0 Å². The van der Waals surface area contributed by atoms with Gasteiger partial charge in [-0.05, 0) is 36.8 Å². The minimum Gasteiger partial charge on any atom is -0.461 e. The highest BCUT2D eigenvalue weighted by Gasteiger charge is 2.83. The van der Waals surface area contributed by atoms with E-state index in [4.69, 9.17) is 9.47 Å². The van der Waals surface area contributed by atoms with E-state index in [1.807, 2.05) is 26.8 Å². The molecule has 4 aliphatic rings. The van der Waals surface area contributed by atoms with E-state index in [9.17, 15) is 24.6 Å². The van der Waals surface area contributed by atoms with Crippen LogP contribution >= 0.6 is 0 Å². The van der Waals surface area contributed by atoms with Crippen LogP contribution in [-0.2, 0) is 23.9 Å². The maximum atomic E-state index is 13.1. The van der Waals surface area contributed by atoms with Crippen LogP contribution in [0.1, 0.15) is 67.7 Å². The van der Waals surface area contributed by atoms with Crippen molar-refractivity contribution in [3.05, 3.63) is 23.3 Å². The van der Waals surface area contributed by atoms with Crippen molar-refractivity contribution in [3.63, 3.8) is 0 Å². The number of carbonyl (C=O) groups excluding carboxylic acids is 3. The number of hydrogen-bond acceptors (Lipinski definition) is 7. The van der Waals surface area contributed by atoms with Crippen molar-refractivity contribution in [1.29, 1.82) is 0 Å². The lowest BCUT2D eigenvalue weighted by molar-refractivity contribution is -0.188. The Morgan fingerprint density at radius 2 is 1.88 bits per heavy atom. The summed E-state index contributed by atoms with van der Waals surface area (Å²) in [4.78, 5) is 37.5. The lowest BCUT2D eigenvalue weighted by atomic mass is 9.60. The highest BCUT2D eigenvalue weighted by molar-refractivity contribution is 6.04. The Morgan fingerprint density at radius 1 is 1.24 bits per heavy atom. The quantitative estimate of drug-likeness (QED) is 0.465. The van der Waals surface area contributed by atoms with Gasteiger partial charge in [0.05, 0.1) is 11.5 Å². The number of hydrogen-bond donors (Lipinski definition) is 2. The van der Waals surface area contributed by atoms with Crippen molar-refractivity contribution >= 4 is 17.7 Å². The summed E-state index contributed by atoms with van der Waals surface area (Å²) in [7, 11) is 0. The van der Waals surface area contributed by atoms with Gasteiger partial charge in [-0.1, -0.05) is 46.8 Å². The second kappa shape index (κ2) is 7.76. The molecule has 7 heteroatoms. The third kappa shape index (κ3) is 3.19. The van der Waals surface area contributed by atoms with Gasteiger partial charge < -0.3 is 19.7 Å². The summed E-state index contributed by atoms with van der Waals surface area (Å²) in [6.45, 7) is 12.7. The van der Waals surface area contributed by atoms with E-state index in [0.29, 0.717) is 24.0 Å². The number of rotatable bonds is 5. The van der Waals surface area contributed by atoms with Gasteiger partial charge in [-0.3, -0.25) is 14.4 Å². The molecular weight excluding hydrogens is 436 g/mol. The van der Waals surface area contributed by atoms with Gasteiger partial charge in [-0.15, -0.1) is 0 Å². The zero-order valence-electron chi connectivity index (χ0n) is 21.3. The summed E-state index contributed by atoms with van der Waals surface area (Å²) in [5.41, 5.74) is -3.36. The molecule has 4 rings (SSSR count). The van der Waals surface area contributed by atoms with Gasteiger partial charge in [-0.2, -0.15) is 0 Å². The van der Waals surface area contributed by atoms with Crippen LogP contribution in [0.3, 0.4) is 0 Å². The molecule has 4 aliphatic carbocycles. The average Bonchev–Trinajstić information content (AvgIpc) is 3.16. The van der Waals surface area contributed by atoms with E-state index in [1.165, 1.54) is 6.92 Å². The van der Waals surface area contributed by atoms with E-state index < -0.39 is 45.8 Å². The Labute approximate surface area is 201 Å². The molecule has 8 atom stereocenters. The molecule has 2 saturated carbocycles. The highest BCUT2D eigenvalue weighted by atomic mass is 16.6. The SMILES string of the molecule is CC[C@@H](C)C(=O)O[C@@]12C[C@@H](C)[C@@]3(O)[C@H](C=C(COC(C)=O)C[C@]4(O)C(=O)C(C)=C[C@@H]34)[C@@H]1C2(C)C. The summed E-state index contributed by atoms with van der Waals surface area (Å²) >= 11 is 0. The number of aliphatic hydroxyl groups is 2. The first-order valence-corrected chi connectivity index (χ1v) is 12.4. The molecule has 0 aromatic heterocycles. The minimum absolute atomic E-state index is 0.0179. The van der Waals surface area contributed by atoms with Gasteiger partial charge in [0.1, 0.15) is 17.8 Å². The van der Waals surface area contributed by atoms with Crippen molar-refractivity contribution in [2.45, 2.75) is 84.5 Å². The summed E-state index contributed by atoms with van der Waals surface area (Å²) in [6.07, 6.45) is 4.70. The Balaban J connectivity index is 1.83. The fourth-order valence-corrected chi connectivity index (χ4v) is 7.23. The van der Waals surface area contributed by atoms with Gasteiger partial charge in [0.25, 0.3) is 0 Å². The number of ether oxygens (including phenoxy) is 2. The Bertz CT molecular complexity index is 993. The molecule has 7 nitrogen and oxygen atoms in total. The molecule has 0 aliphatic heterocycles. The summed E-state index contributed by atoms with van der Waals surface area (Å²) in [6, 6.07) is 0. The van der Waals surface area contributed by atoms with Gasteiger partial charge in [0.15, 0.2) is 5.78 Å². The summed E-state index contributed by atoms with van der Waals surface area (Å²) in [5, 5.41) is 24.1. The molecule has 0 aromatic carbocycles. The Morgan fingerprint density at radius 3 is 2.47 bits per heavy atom. The van der Waals surface area contributed by atoms with E-state index in [0.717, 1.165) is 0 Å². The molecule has 2 N–H and O–H groups in total. The molecule has 0 spiro atoms. The van der Waals surface area contributed by atoms with E-state index in [2.05, 4.69) is 13.8 Å². The third-order valence-corrected chi connectivity index (χ3v) is 9.43. The fourth-order valence-electron chi connectivity index (χ4n) is 7.23. The Hall–Kier alpha value is -1.99. The van der Waals surface area contributed by atoms with Crippen molar-refractivity contribution < 1.29 is 34.1 Å². The molecule has 188 valence electrons. The standard InChI is InChI=1S/C27H38O7/c1-8-14(2)23(30)34-26-11-16(4)27(32)19(21(26)24(26,6)7)10-18(13-33-17(5)28)12-25(31)20(27)9-15(3)22(25)29/h9-10,14,16,19-21,31-32H,8,11-13H2,1-7H3/t14-,16-,19-,20-,21-,25-,26+,27-/m1/s1. The summed E-state index contributed by atoms with van der Waals surface area (Å²) < 4.78 is 11.5. The van der Waals surface area contributed by atoms with E-state index in [-0.39, 0.29) is 36.8 Å². The normalized spacial score (nSPS) is 42.8. The molecule has 0 bridgehead atoms. The zero-order chi connectivity index (χ0) is 25.4. The van der Waals surface area contributed by atoms with Crippen LogP contribution in [0.4, 0.5) is 0 Å². The maximum Gasteiger partial charge on any atom is 0.309 e. The van der Waals surface area contributed by atoms with Crippen LogP contribution < -0.4 is 0 Å². The van der Waals surface area contributed by atoms with Gasteiger partial charge in [0.2, 0.25) is 0 Å². The molecule has 0 saturated heterocycles. The third-order valence-electron chi connectivity index (χ3n) is 9.43. The molecule has 0 aromatic rings. The Kier molecular flexibility index (Phi) is 5.73. The zero-order valence-corrected chi connectivity index (χ0v) is 21.3. The highest BCUT2D eigenvalue weighted by Crippen LogP contribution is 2.76. The van der Waals surface area contributed by atoms with Gasteiger partial charge in [-0.25, -0.2) is 0 Å². The largest absolute Gasteiger partial charge is 0.461 e. The van der Waals surface area contributed by atoms with E-state index >= 15 is 0 Å². The van der Waals surface area contributed by atoms with Crippen LogP contribution in [0.15, 0.2) is 23.3 Å². The number of ketones is 1. The van der Waals surface area contributed by atoms with Crippen LogP contribution in [0.2, 0.25) is 0 Å². The molecule has 0 radical (unpaired) electrons. The first kappa shape index (κ1) is 25.1. The molecule has 0 amide bonds. The molecular formula is C27H38O7. The molecule has 0 unspecified atom stereocenters. The van der Waals surface area contributed by atoms with Crippen molar-refractivity contribution in [1.82, 2.24) is 0 Å². The van der Waals surface area contributed by atoms with Crippen LogP contribution in [-0.4, -0.2) is 51.3 Å². The number of fused-ring (bicyclic) bond motifs is 5. The number of carbonyl (C=O) groups is 3. The van der Waals surface area contributed by atoms with Crippen molar-refractivity contribution in [2.24, 2.45) is 35.0 Å². The topological polar surface area (TPSA) is 110 Å². The first-order valence-electron chi connectivity index (χ1n) is 12.4. The predicted octanol–water partition coefficient (Wildman–Crippen LogP) is 3.13. The van der Waals surface area contributed by atoms with Crippen LogP contribution in [0, 0.1) is 35.0 Å². The van der Waals surface area contributed by atoms with Gasteiger partial charge in [0, 0.05) is 36.5 Å². The lowest BCUT2D eigenvalue weighted by Crippen LogP contribution is -2.61. The van der Waals surface area contributed by atoms with Gasteiger partial charge >= 0.3 is 11.9 Å². The number of esters is 2. The molecule has 34 heavy (non-hydrogen) atoms. The molecule has 0 heterocycles. The van der Waals surface area contributed by atoms with Crippen LogP contribution in [0.5, 0.6) is 0 Å². The van der Waals surface area contributed by atoms with E-state index in [1.54, 1.807) is 13.0 Å². The summed E-state index contributed by atoms with van der Waals surface area (Å²) in [5.74, 6) is -3.19. The smallest absolute Gasteiger partial charge is 0.309 e. The molecule has 2 fully saturated rings. The minimum atomic E-state index is -1.81.